The fourth-order valence-electron chi connectivity index (χ4n) is 4.11. The molecular formula is C25H20FNO5S2. The minimum absolute atomic E-state index is 0.0461. The highest BCUT2D eigenvalue weighted by Crippen LogP contribution is 2.44. The number of carboxylic acids is 1. The van der Waals surface area contributed by atoms with E-state index in [1.165, 1.54) is 18.2 Å². The third kappa shape index (κ3) is 4.28. The van der Waals surface area contributed by atoms with Crippen LogP contribution in [0.5, 0.6) is 0 Å². The van der Waals surface area contributed by atoms with Gasteiger partial charge in [0.05, 0.1) is 22.4 Å². The van der Waals surface area contributed by atoms with Crippen molar-refractivity contribution in [3.8, 4) is 21.6 Å². The number of nitrogens with zero attached hydrogens (tertiary/aromatic N) is 1. The first-order valence-electron chi connectivity index (χ1n) is 10.6. The van der Waals surface area contributed by atoms with Crippen LogP contribution in [-0.2, 0) is 15.6 Å². The van der Waals surface area contributed by atoms with Gasteiger partial charge in [0.2, 0.25) is 0 Å². The Bertz CT molecular complexity index is 1520. The quantitative estimate of drug-likeness (QED) is 0.333. The zero-order valence-electron chi connectivity index (χ0n) is 18.1. The Morgan fingerprint density at radius 2 is 1.94 bits per heavy atom. The lowest BCUT2D eigenvalue weighted by molar-refractivity contribution is 0.0696. The molecule has 6 nitrogen and oxygen atoms in total. The van der Waals surface area contributed by atoms with Gasteiger partial charge in [-0.3, -0.25) is 0 Å². The van der Waals surface area contributed by atoms with Crippen molar-refractivity contribution in [2.24, 2.45) is 0 Å². The van der Waals surface area contributed by atoms with Gasteiger partial charge in [0.25, 0.3) is 0 Å². The molecule has 2 heterocycles. The molecule has 0 atom stereocenters. The number of aromatic nitrogens is 1. The van der Waals surface area contributed by atoms with Gasteiger partial charge in [0.15, 0.2) is 15.0 Å². The van der Waals surface area contributed by atoms with Gasteiger partial charge in [-0.25, -0.2) is 13.2 Å². The SMILES string of the molecule is Cc1oncc1-c1ccc(-c2ccc(F)s2)c(CS(=O)(=O)c2cc(C(=O)O)ccc2C2CC2)c1. The van der Waals surface area contributed by atoms with Crippen molar-refractivity contribution in [3.63, 3.8) is 0 Å². The zero-order chi connectivity index (χ0) is 24.0. The third-order valence-electron chi connectivity index (χ3n) is 5.96. The van der Waals surface area contributed by atoms with E-state index in [4.69, 9.17) is 4.52 Å². The minimum atomic E-state index is -3.92. The number of sulfone groups is 1. The van der Waals surface area contributed by atoms with E-state index in [9.17, 15) is 22.7 Å². The fourth-order valence-corrected chi connectivity index (χ4v) is 6.60. The highest BCUT2D eigenvalue weighted by Gasteiger charge is 2.32. The molecule has 0 spiro atoms. The molecule has 174 valence electrons. The van der Waals surface area contributed by atoms with Crippen molar-refractivity contribution in [3.05, 3.63) is 82.3 Å². The first-order valence-corrected chi connectivity index (χ1v) is 13.1. The number of rotatable bonds is 7. The highest BCUT2D eigenvalue weighted by atomic mass is 32.2. The smallest absolute Gasteiger partial charge is 0.335 e. The molecule has 2 aromatic carbocycles. The molecule has 1 aliphatic rings. The molecule has 0 saturated heterocycles. The maximum atomic E-state index is 13.8. The standard InChI is InChI=1S/C25H20FNO5S2/c1-14-21(12-27-32-14)16-4-6-19(22-8-9-24(26)33-22)18(10-16)13-34(30,31)23-11-17(25(28)29)5-7-20(23)15-2-3-15/h4-12,15H,2-3,13H2,1H3,(H,28,29). The summed E-state index contributed by atoms with van der Waals surface area (Å²) in [7, 11) is -3.92. The van der Waals surface area contributed by atoms with Gasteiger partial charge in [0.1, 0.15) is 5.76 Å². The molecule has 34 heavy (non-hydrogen) atoms. The minimum Gasteiger partial charge on any atom is -0.478 e. The summed E-state index contributed by atoms with van der Waals surface area (Å²) in [6.07, 6.45) is 3.31. The molecule has 1 fully saturated rings. The molecular weight excluding hydrogens is 477 g/mol. The lowest BCUT2D eigenvalue weighted by Crippen LogP contribution is -2.11. The van der Waals surface area contributed by atoms with Gasteiger partial charge < -0.3 is 9.63 Å². The van der Waals surface area contributed by atoms with Crippen molar-refractivity contribution in [2.45, 2.75) is 36.3 Å². The van der Waals surface area contributed by atoms with Gasteiger partial charge in [-0.1, -0.05) is 23.4 Å². The predicted octanol–water partition coefficient (Wildman–Crippen LogP) is 6.07. The second kappa shape index (κ2) is 8.48. The Balaban J connectivity index is 1.64. The molecule has 9 heteroatoms. The fraction of sp³-hybridized carbons (Fsp3) is 0.200. The Hall–Kier alpha value is -3.30. The van der Waals surface area contributed by atoms with Crippen molar-refractivity contribution in [2.75, 3.05) is 0 Å². The number of carbonyl (C=O) groups is 1. The van der Waals surface area contributed by atoms with Crippen LogP contribution in [0.2, 0.25) is 0 Å². The summed E-state index contributed by atoms with van der Waals surface area (Å²) < 4.78 is 46.3. The van der Waals surface area contributed by atoms with Crippen LogP contribution in [0.4, 0.5) is 4.39 Å². The summed E-state index contributed by atoms with van der Waals surface area (Å²) in [4.78, 5) is 12.2. The highest BCUT2D eigenvalue weighted by molar-refractivity contribution is 7.90. The summed E-state index contributed by atoms with van der Waals surface area (Å²) in [5.74, 6) is -0.833. The van der Waals surface area contributed by atoms with E-state index in [0.29, 0.717) is 27.3 Å². The van der Waals surface area contributed by atoms with Crippen molar-refractivity contribution in [1.82, 2.24) is 5.16 Å². The molecule has 1 saturated carbocycles. The molecule has 0 unspecified atom stereocenters. The molecule has 0 radical (unpaired) electrons. The van der Waals surface area contributed by atoms with E-state index in [0.717, 1.165) is 35.3 Å². The number of thiophene rings is 1. The van der Waals surface area contributed by atoms with Gasteiger partial charge >= 0.3 is 5.97 Å². The van der Waals surface area contributed by atoms with E-state index >= 15 is 0 Å². The second-order valence-corrected chi connectivity index (χ2v) is 11.4. The molecule has 1 N–H and O–H groups in total. The van der Waals surface area contributed by atoms with Crippen LogP contribution < -0.4 is 0 Å². The van der Waals surface area contributed by atoms with E-state index in [-0.39, 0.29) is 27.3 Å². The van der Waals surface area contributed by atoms with Gasteiger partial charge in [-0.2, -0.15) is 4.39 Å². The van der Waals surface area contributed by atoms with Crippen molar-refractivity contribution < 1.29 is 27.2 Å². The van der Waals surface area contributed by atoms with E-state index < -0.39 is 15.8 Å². The van der Waals surface area contributed by atoms with E-state index in [1.807, 2.05) is 6.07 Å². The van der Waals surface area contributed by atoms with Crippen molar-refractivity contribution >= 4 is 27.1 Å². The molecule has 0 bridgehead atoms. The number of aryl methyl sites for hydroxylation is 1. The number of hydrogen-bond acceptors (Lipinski definition) is 6. The first-order chi connectivity index (χ1) is 16.2. The number of carboxylic acid groups (broad SMARTS) is 1. The summed E-state index contributed by atoms with van der Waals surface area (Å²) in [5, 5.41) is 12.9. The van der Waals surface area contributed by atoms with Crippen LogP contribution in [0.25, 0.3) is 21.6 Å². The monoisotopic (exact) mass is 497 g/mol. The lowest BCUT2D eigenvalue weighted by Gasteiger charge is -2.14. The maximum absolute atomic E-state index is 13.8. The Morgan fingerprint density at radius 1 is 1.15 bits per heavy atom. The van der Waals surface area contributed by atoms with Crippen LogP contribution in [0.1, 0.15) is 46.0 Å². The van der Waals surface area contributed by atoms with Crippen LogP contribution in [0, 0.1) is 12.1 Å². The molecule has 1 aliphatic carbocycles. The normalized spacial score (nSPS) is 13.8. The topological polar surface area (TPSA) is 97.5 Å². The summed E-state index contributed by atoms with van der Waals surface area (Å²) in [6.45, 7) is 1.76. The molecule has 4 aromatic rings. The van der Waals surface area contributed by atoms with Gasteiger partial charge in [-0.15, -0.1) is 11.3 Å². The third-order valence-corrected chi connectivity index (χ3v) is 8.59. The molecule has 0 aliphatic heterocycles. The van der Waals surface area contributed by atoms with E-state index in [1.54, 1.807) is 37.4 Å². The van der Waals surface area contributed by atoms with Gasteiger partial charge in [0, 0.05) is 10.4 Å². The Kier molecular flexibility index (Phi) is 5.61. The zero-order valence-corrected chi connectivity index (χ0v) is 19.7. The second-order valence-electron chi connectivity index (χ2n) is 8.36. The lowest BCUT2D eigenvalue weighted by atomic mass is 10.00. The molecule has 2 aromatic heterocycles. The maximum Gasteiger partial charge on any atom is 0.335 e. The largest absolute Gasteiger partial charge is 0.478 e. The number of hydrogen-bond donors (Lipinski definition) is 1. The average Bonchev–Trinajstić information content (AvgIpc) is 3.42. The van der Waals surface area contributed by atoms with Crippen LogP contribution in [0.15, 0.2) is 64.1 Å². The first kappa shape index (κ1) is 22.5. The van der Waals surface area contributed by atoms with Crippen LogP contribution >= 0.6 is 11.3 Å². The summed E-state index contributed by atoms with van der Waals surface area (Å²) in [5.41, 5.74) is 3.14. The summed E-state index contributed by atoms with van der Waals surface area (Å²) in [6, 6.07) is 12.6. The Labute approximate surface area is 199 Å². The van der Waals surface area contributed by atoms with Crippen LogP contribution in [0.3, 0.4) is 0 Å². The van der Waals surface area contributed by atoms with Crippen molar-refractivity contribution in [1.29, 1.82) is 0 Å². The Morgan fingerprint density at radius 3 is 2.56 bits per heavy atom. The average molecular weight is 498 g/mol. The summed E-state index contributed by atoms with van der Waals surface area (Å²) >= 11 is 0.938. The molecule has 5 rings (SSSR count). The number of aromatic carboxylic acids is 1. The van der Waals surface area contributed by atoms with E-state index in [2.05, 4.69) is 5.16 Å². The number of benzene rings is 2. The number of halogens is 1. The molecule has 0 amide bonds. The van der Waals surface area contributed by atoms with Gasteiger partial charge in [-0.05, 0) is 78.3 Å². The predicted molar refractivity (Wildman–Crippen MR) is 126 cm³/mol. The van der Waals surface area contributed by atoms with Crippen LogP contribution in [-0.4, -0.2) is 24.7 Å².